The van der Waals surface area contributed by atoms with Gasteiger partial charge in [-0.2, -0.15) is 10.2 Å². The first-order valence-electron chi connectivity index (χ1n) is 9.77. The normalized spacial score (nSPS) is 14.3. The van der Waals surface area contributed by atoms with Gasteiger partial charge in [0.25, 0.3) is 0 Å². The van der Waals surface area contributed by atoms with E-state index in [0.717, 1.165) is 24.5 Å². The lowest BCUT2D eigenvalue weighted by molar-refractivity contribution is 0.245. The molecule has 27 heavy (non-hydrogen) atoms. The van der Waals surface area contributed by atoms with Crippen LogP contribution in [0.2, 0.25) is 0 Å². The Morgan fingerprint density at radius 1 is 1.11 bits per heavy atom. The highest BCUT2D eigenvalue weighted by Gasteiger charge is 2.31. The maximum absolute atomic E-state index is 4.59. The number of hydrogen-bond donors (Lipinski definition) is 1. The van der Waals surface area contributed by atoms with Crippen molar-refractivity contribution in [2.24, 2.45) is 7.05 Å². The summed E-state index contributed by atoms with van der Waals surface area (Å²) >= 11 is 0. The first-order valence-corrected chi connectivity index (χ1v) is 9.77. The lowest BCUT2D eigenvalue weighted by Crippen LogP contribution is -2.25. The Morgan fingerprint density at radius 2 is 1.89 bits per heavy atom. The number of aryl methyl sites for hydroxylation is 4. The van der Waals surface area contributed by atoms with Gasteiger partial charge in [0.2, 0.25) is 0 Å². The molecule has 0 unspecified atom stereocenters. The van der Waals surface area contributed by atoms with E-state index in [1.807, 2.05) is 17.9 Å². The van der Waals surface area contributed by atoms with E-state index in [-0.39, 0.29) is 0 Å². The number of benzene rings is 1. The van der Waals surface area contributed by atoms with Gasteiger partial charge in [-0.25, -0.2) is 0 Å². The van der Waals surface area contributed by atoms with Gasteiger partial charge in [-0.05, 0) is 57.7 Å². The first kappa shape index (κ1) is 18.0. The van der Waals surface area contributed by atoms with Crippen molar-refractivity contribution in [2.75, 3.05) is 0 Å². The zero-order valence-corrected chi connectivity index (χ0v) is 17.0. The predicted molar refractivity (Wildman–Crippen MR) is 108 cm³/mol. The van der Waals surface area contributed by atoms with E-state index < -0.39 is 0 Å². The monoisotopic (exact) mass is 363 g/mol. The predicted octanol–water partition coefficient (Wildman–Crippen LogP) is 4.21. The van der Waals surface area contributed by atoms with Gasteiger partial charge in [-0.1, -0.05) is 12.1 Å². The van der Waals surface area contributed by atoms with E-state index in [1.165, 1.54) is 46.4 Å². The van der Waals surface area contributed by atoms with Crippen LogP contribution in [0.5, 0.6) is 0 Å². The van der Waals surface area contributed by atoms with Crippen molar-refractivity contribution in [3.8, 4) is 11.3 Å². The Balaban J connectivity index is 1.60. The molecule has 2 heterocycles. The molecule has 0 saturated heterocycles. The number of nitrogens with zero attached hydrogens (tertiary/aromatic N) is 4. The van der Waals surface area contributed by atoms with Crippen LogP contribution in [0.25, 0.3) is 11.3 Å². The molecule has 1 aromatic carbocycles. The molecule has 1 fully saturated rings. The highest BCUT2D eigenvalue weighted by Crippen LogP contribution is 2.33. The fourth-order valence-electron chi connectivity index (χ4n) is 3.80. The molecule has 1 aliphatic rings. The maximum Gasteiger partial charge on any atom is 0.0695 e. The third-order valence-electron chi connectivity index (χ3n) is 5.97. The molecule has 0 radical (unpaired) electrons. The molecule has 2 aromatic heterocycles. The van der Waals surface area contributed by atoms with Crippen molar-refractivity contribution >= 4 is 0 Å². The van der Waals surface area contributed by atoms with Gasteiger partial charge in [0.15, 0.2) is 0 Å². The minimum atomic E-state index is 0.673. The summed E-state index contributed by atoms with van der Waals surface area (Å²) < 4.78 is 1.99. The Kier molecular flexibility index (Phi) is 4.64. The van der Waals surface area contributed by atoms with Crippen LogP contribution in [0.15, 0.2) is 24.4 Å². The molecule has 0 aliphatic heterocycles. The summed E-state index contributed by atoms with van der Waals surface area (Å²) in [5.74, 6) is 0. The Bertz CT molecular complexity index is 961. The van der Waals surface area contributed by atoms with Crippen LogP contribution < -0.4 is 0 Å². The Labute approximate surface area is 161 Å². The second-order valence-electron chi connectivity index (χ2n) is 7.98. The SMILES string of the molecule is Cc1ccc(-c2[nH]ncc2CN(Cc2c(C)nn(C)c2C)C2CC2)cc1C. The smallest absolute Gasteiger partial charge is 0.0695 e. The number of aromatic amines is 1. The molecular formula is C22H29N5. The van der Waals surface area contributed by atoms with E-state index in [2.05, 4.69) is 66.1 Å². The summed E-state index contributed by atoms with van der Waals surface area (Å²) in [7, 11) is 2.03. The minimum absolute atomic E-state index is 0.673. The molecule has 0 atom stereocenters. The van der Waals surface area contributed by atoms with E-state index in [0.29, 0.717) is 6.04 Å². The summed E-state index contributed by atoms with van der Waals surface area (Å²) in [6.45, 7) is 10.5. The minimum Gasteiger partial charge on any atom is -0.292 e. The van der Waals surface area contributed by atoms with Gasteiger partial charge in [0, 0.05) is 48.6 Å². The molecule has 1 N–H and O–H groups in total. The molecule has 0 spiro atoms. The summed E-state index contributed by atoms with van der Waals surface area (Å²) in [4.78, 5) is 2.59. The van der Waals surface area contributed by atoms with Crippen LogP contribution in [-0.4, -0.2) is 30.9 Å². The number of rotatable bonds is 6. The zero-order valence-electron chi connectivity index (χ0n) is 17.0. The second kappa shape index (κ2) is 6.97. The molecule has 5 nitrogen and oxygen atoms in total. The van der Waals surface area contributed by atoms with Crippen molar-refractivity contribution in [1.29, 1.82) is 0 Å². The second-order valence-corrected chi connectivity index (χ2v) is 7.98. The van der Waals surface area contributed by atoms with Gasteiger partial charge in [0.1, 0.15) is 0 Å². The van der Waals surface area contributed by atoms with Crippen molar-refractivity contribution in [3.63, 3.8) is 0 Å². The lowest BCUT2D eigenvalue weighted by atomic mass is 10.0. The molecule has 1 saturated carbocycles. The molecule has 0 amide bonds. The van der Waals surface area contributed by atoms with Crippen LogP contribution in [0, 0.1) is 27.7 Å². The number of hydrogen-bond acceptors (Lipinski definition) is 3. The van der Waals surface area contributed by atoms with Crippen molar-refractivity contribution < 1.29 is 0 Å². The van der Waals surface area contributed by atoms with Gasteiger partial charge >= 0.3 is 0 Å². The van der Waals surface area contributed by atoms with E-state index in [9.17, 15) is 0 Å². The standard InChI is InChI=1S/C22H29N5/c1-14-6-7-18(10-15(14)2)22-19(11-23-24-22)12-27(20-8-9-20)13-21-16(3)25-26(5)17(21)4/h6-7,10-11,20H,8-9,12-13H2,1-5H3,(H,23,24). The number of aromatic nitrogens is 4. The molecule has 142 valence electrons. The summed E-state index contributed by atoms with van der Waals surface area (Å²) in [6.07, 6.45) is 4.56. The summed E-state index contributed by atoms with van der Waals surface area (Å²) in [5.41, 5.74) is 10.0. The molecule has 1 aliphatic carbocycles. The van der Waals surface area contributed by atoms with E-state index >= 15 is 0 Å². The van der Waals surface area contributed by atoms with Crippen LogP contribution in [0.4, 0.5) is 0 Å². The topological polar surface area (TPSA) is 49.7 Å². The number of nitrogens with one attached hydrogen (secondary N) is 1. The zero-order chi connectivity index (χ0) is 19.1. The van der Waals surface area contributed by atoms with Gasteiger partial charge in [-0.15, -0.1) is 0 Å². The first-order chi connectivity index (χ1) is 12.9. The summed E-state index contributed by atoms with van der Waals surface area (Å²) in [6, 6.07) is 7.31. The average molecular weight is 364 g/mol. The van der Waals surface area contributed by atoms with Crippen molar-refractivity contribution in [3.05, 3.63) is 58.0 Å². The molecule has 5 heteroatoms. The fourth-order valence-corrected chi connectivity index (χ4v) is 3.80. The molecule has 4 rings (SSSR count). The number of H-pyrrole nitrogens is 1. The van der Waals surface area contributed by atoms with E-state index in [1.54, 1.807) is 0 Å². The summed E-state index contributed by atoms with van der Waals surface area (Å²) in [5, 5.41) is 12.2. The van der Waals surface area contributed by atoms with E-state index in [4.69, 9.17) is 0 Å². The third-order valence-corrected chi connectivity index (χ3v) is 5.97. The van der Waals surface area contributed by atoms with Gasteiger partial charge in [-0.3, -0.25) is 14.7 Å². The lowest BCUT2D eigenvalue weighted by Gasteiger charge is -2.22. The van der Waals surface area contributed by atoms with Crippen LogP contribution in [0.3, 0.4) is 0 Å². The van der Waals surface area contributed by atoms with Crippen molar-refractivity contribution in [2.45, 2.75) is 59.7 Å². The fraction of sp³-hybridized carbons (Fsp3) is 0.455. The van der Waals surface area contributed by atoms with Crippen LogP contribution in [-0.2, 0) is 20.1 Å². The van der Waals surface area contributed by atoms with Gasteiger partial charge in [0.05, 0.1) is 17.6 Å². The van der Waals surface area contributed by atoms with Crippen LogP contribution >= 0.6 is 0 Å². The van der Waals surface area contributed by atoms with Crippen LogP contribution in [0.1, 0.15) is 46.5 Å². The van der Waals surface area contributed by atoms with Crippen molar-refractivity contribution in [1.82, 2.24) is 24.9 Å². The average Bonchev–Trinajstić information content (AvgIpc) is 3.33. The highest BCUT2D eigenvalue weighted by molar-refractivity contribution is 5.64. The molecule has 0 bridgehead atoms. The molecular weight excluding hydrogens is 334 g/mol. The van der Waals surface area contributed by atoms with Gasteiger partial charge < -0.3 is 0 Å². The Morgan fingerprint density at radius 3 is 2.52 bits per heavy atom. The Hall–Kier alpha value is -2.40. The quantitative estimate of drug-likeness (QED) is 0.714. The third kappa shape index (κ3) is 3.56. The molecule has 3 aromatic rings. The highest BCUT2D eigenvalue weighted by atomic mass is 15.3. The largest absolute Gasteiger partial charge is 0.292 e. The maximum atomic E-state index is 4.59.